The lowest BCUT2D eigenvalue weighted by molar-refractivity contribution is -0.119. The topological polar surface area (TPSA) is 104 Å². The number of carbonyl (C=O) groups is 2. The molecule has 2 atom stereocenters. The predicted octanol–water partition coefficient (Wildman–Crippen LogP) is 0.909. The van der Waals surface area contributed by atoms with Gasteiger partial charge in [-0.05, 0) is 18.6 Å². The molecule has 1 heterocycles. The molecule has 0 radical (unpaired) electrons. The molecule has 1 aliphatic rings. The number of benzene rings is 1. The van der Waals surface area contributed by atoms with Crippen molar-refractivity contribution in [1.29, 1.82) is 0 Å². The van der Waals surface area contributed by atoms with Crippen molar-refractivity contribution in [3.05, 3.63) is 23.3 Å². The van der Waals surface area contributed by atoms with Gasteiger partial charge in [0.15, 0.2) is 0 Å². The van der Waals surface area contributed by atoms with E-state index in [4.69, 9.17) is 4.74 Å². The number of phenolic OH excluding ortho intramolecular Hbond substituents is 2. The Morgan fingerprint density at radius 3 is 2.80 bits per heavy atom. The number of cyclic esters (lactones) is 1. The van der Waals surface area contributed by atoms with E-state index < -0.39 is 18.2 Å². The molecule has 0 aliphatic carbocycles. The van der Waals surface area contributed by atoms with Crippen LogP contribution in [0.3, 0.4) is 0 Å². The molecule has 6 heteroatoms. The molecule has 1 aliphatic heterocycles. The quantitative estimate of drug-likeness (QED) is 0.708. The van der Waals surface area contributed by atoms with Crippen LogP contribution >= 0.6 is 0 Å². The first kappa shape index (κ1) is 14.3. The number of esters is 1. The van der Waals surface area contributed by atoms with E-state index in [0.29, 0.717) is 5.56 Å². The highest BCUT2D eigenvalue weighted by Gasteiger charge is 2.31. The molecule has 1 aromatic carbocycles. The zero-order valence-corrected chi connectivity index (χ0v) is 11.0. The van der Waals surface area contributed by atoms with Gasteiger partial charge in [0, 0.05) is 25.3 Å². The molecule has 108 valence electrons. The zero-order valence-electron chi connectivity index (χ0n) is 11.0. The van der Waals surface area contributed by atoms with Crippen molar-refractivity contribution in [1.82, 2.24) is 0 Å². The average molecular weight is 280 g/mol. The van der Waals surface area contributed by atoms with Crippen molar-refractivity contribution in [2.45, 2.75) is 38.4 Å². The molecular formula is C14H16O6. The molecule has 2 unspecified atom stereocenters. The number of rotatable bonds is 4. The number of ether oxygens (including phenoxy) is 1. The van der Waals surface area contributed by atoms with Gasteiger partial charge in [-0.2, -0.15) is 0 Å². The summed E-state index contributed by atoms with van der Waals surface area (Å²) in [6, 6.07) is 2.46. The van der Waals surface area contributed by atoms with Crippen molar-refractivity contribution in [2.24, 2.45) is 0 Å². The van der Waals surface area contributed by atoms with Crippen molar-refractivity contribution < 1.29 is 29.6 Å². The summed E-state index contributed by atoms with van der Waals surface area (Å²) in [5.41, 5.74) is 0.513. The van der Waals surface area contributed by atoms with Gasteiger partial charge >= 0.3 is 5.97 Å². The number of phenols is 2. The fourth-order valence-corrected chi connectivity index (χ4v) is 2.41. The molecule has 0 spiro atoms. The number of fused-ring (bicyclic) bond motifs is 1. The van der Waals surface area contributed by atoms with Gasteiger partial charge < -0.3 is 20.1 Å². The second-order valence-corrected chi connectivity index (χ2v) is 5.03. The first-order chi connectivity index (χ1) is 9.36. The minimum absolute atomic E-state index is 0.00615. The predicted molar refractivity (Wildman–Crippen MR) is 68.6 cm³/mol. The Bertz CT molecular complexity index is 551. The molecule has 0 amide bonds. The number of Topliss-reactive ketones (excluding diaryl/α,β-unsaturated/α-hetero) is 1. The highest BCUT2D eigenvalue weighted by Crippen LogP contribution is 2.33. The van der Waals surface area contributed by atoms with Crippen LogP contribution in [0.4, 0.5) is 0 Å². The second-order valence-electron chi connectivity index (χ2n) is 5.03. The molecule has 3 N–H and O–H groups in total. The fourth-order valence-electron chi connectivity index (χ4n) is 2.41. The average Bonchev–Trinajstić information content (AvgIpc) is 2.25. The van der Waals surface area contributed by atoms with Crippen LogP contribution in [0.15, 0.2) is 12.1 Å². The minimum Gasteiger partial charge on any atom is -0.508 e. The van der Waals surface area contributed by atoms with Crippen LogP contribution < -0.4 is 0 Å². The van der Waals surface area contributed by atoms with Crippen molar-refractivity contribution in [3.63, 3.8) is 0 Å². The van der Waals surface area contributed by atoms with E-state index in [1.807, 2.05) is 0 Å². The molecule has 0 saturated carbocycles. The molecule has 0 saturated heterocycles. The summed E-state index contributed by atoms with van der Waals surface area (Å²) in [5.74, 6) is -1.30. The van der Waals surface area contributed by atoms with Crippen LogP contribution in [0.1, 0.15) is 35.7 Å². The summed E-state index contributed by atoms with van der Waals surface area (Å²) < 4.78 is 5.13. The monoisotopic (exact) mass is 280 g/mol. The standard InChI is InChI=1S/C14H16O6/c1-7(15)2-9(16)5-11-4-8-3-10(17)6-12(18)13(8)14(19)20-11/h3,6,9,11,16-18H,2,4-5H2,1H3. The smallest absolute Gasteiger partial charge is 0.342 e. The number of aliphatic hydroxyl groups is 1. The Labute approximate surface area is 115 Å². The van der Waals surface area contributed by atoms with E-state index in [-0.39, 0.29) is 42.1 Å². The third-order valence-electron chi connectivity index (χ3n) is 3.17. The Balaban J connectivity index is 2.15. The number of hydrogen-bond acceptors (Lipinski definition) is 6. The number of ketones is 1. The normalized spacial score (nSPS) is 19.1. The van der Waals surface area contributed by atoms with Gasteiger partial charge in [-0.1, -0.05) is 0 Å². The summed E-state index contributed by atoms with van der Waals surface area (Å²) in [6.07, 6.45) is -1.03. The second kappa shape index (κ2) is 5.50. The van der Waals surface area contributed by atoms with Crippen LogP contribution in [0.2, 0.25) is 0 Å². The molecule has 0 bridgehead atoms. The Morgan fingerprint density at radius 2 is 2.15 bits per heavy atom. The molecule has 0 aromatic heterocycles. The number of hydrogen-bond donors (Lipinski definition) is 3. The highest BCUT2D eigenvalue weighted by molar-refractivity contribution is 5.95. The first-order valence-electron chi connectivity index (χ1n) is 6.30. The number of carbonyl (C=O) groups excluding carboxylic acids is 2. The third-order valence-corrected chi connectivity index (χ3v) is 3.17. The molecular weight excluding hydrogens is 264 g/mol. The van der Waals surface area contributed by atoms with E-state index in [9.17, 15) is 24.9 Å². The van der Waals surface area contributed by atoms with Crippen LogP contribution in [0, 0.1) is 0 Å². The van der Waals surface area contributed by atoms with Gasteiger partial charge in [-0.15, -0.1) is 0 Å². The van der Waals surface area contributed by atoms with E-state index >= 15 is 0 Å². The molecule has 2 rings (SSSR count). The van der Waals surface area contributed by atoms with Crippen LogP contribution in [-0.2, 0) is 16.0 Å². The zero-order chi connectivity index (χ0) is 14.9. The van der Waals surface area contributed by atoms with Gasteiger partial charge in [-0.3, -0.25) is 4.79 Å². The van der Waals surface area contributed by atoms with E-state index in [1.165, 1.54) is 13.0 Å². The maximum absolute atomic E-state index is 11.8. The van der Waals surface area contributed by atoms with Crippen LogP contribution in [0.5, 0.6) is 11.5 Å². The first-order valence-corrected chi connectivity index (χ1v) is 6.30. The summed E-state index contributed by atoms with van der Waals surface area (Å²) in [7, 11) is 0. The Kier molecular flexibility index (Phi) is 3.94. The van der Waals surface area contributed by atoms with Gasteiger partial charge in [-0.25, -0.2) is 4.79 Å². The summed E-state index contributed by atoms with van der Waals surface area (Å²) in [6.45, 7) is 1.38. The SMILES string of the molecule is CC(=O)CC(O)CC1Cc2cc(O)cc(O)c2C(=O)O1. The van der Waals surface area contributed by atoms with Crippen LogP contribution in [-0.4, -0.2) is 39.3 Å². The van der Waals surface area contributed by atoms with Crippen molar-refractivity contribution >= 4 is 11.8 Å². The van der Waals surface area contributed by atoms with E-state index in [1.54, 1.807) is 0 Å². The van der Waals surface area contributed by atoms with Gasteiger partial charge in [0.2, 0.25) is 0 Å². The van der Waals surface area contributed by atoms with E-state index in [2.05, 4.69) is 0 Å². The number of aliphatic hydroxyl groups excluding tert-OH is 1. The lowest BCUT2D eigenvalue weighted by atomic mass is 9.94. The number of aromatic hydroxyl groups is 2. The highest BCUT2D eigenvalue weighted by atomic mass is 16.5. The molecule has 1 aromatic rings. The van der Waals surface area contributed by atoms with Gasteiger partial charge in [0.25, 0.3) is 0 Å². The maximum atomic E-state index is 11.8. The minimum atomic E-state index is -0.877. The maximum Gasteiger partial charge on any atom is 0.342 e. The molecule has 0 fully saturated rings. The fraction of sp³-hybridized carbons (Fsp3) is 0.429. The summed E-state index contributed by atoms with van der Waals surface area (Å²) in [4.78, 5) is 22.7. The Hall–Kier alpha value is -2.08. The molecule has 6 nitrogen and oxygen atoms in total. The van der Waals surface area contributed by atoms with Crippen molar-refractivity contribution in [2.75, 3.05) is 0 Å². The third kappa shape index (κ3) is 3.08. The lowest BCUT2D eigenvalue weighted by Crippen LogP contribution is -2.31. The van der Waals surface area contributed by atoms with Crippen LogP contribution in [0.25, 0.3) is 0 Å². The largest absolute Gasteiger partial charge is 0.508 e. The molecule has 20 heavy (non-hydrogen) atoms. The van der Waals surface area contributed by atoms with E-state index in [0.717, 1.165) is 6.07 Å². The van der Waals surface area contributed by atoms with Crippen molar-refractivity contribution in [3.8, 4) is 11.5 Å². The van der Waals surface area contributed by atoms with Gasteiger partial charge in [0.05, 0.1) is 6.10 Å². The Morgan fingerprint density at radius 1 is 1.45 bits per heavy atom. The summed E-state index contributed by atoms with van der Waals surface area (Å²) >= 11 is 0. The lowest BCUT2D eigenvalue weighted by Gasteiger charge is -2.26. The summed E-state index contributed by atoms with van der Waals surface area (Å²) in [5, 5.41) is 28.8. The van der Waals surface area contributed by atoms with Gasteiger partial charge in [0.1, 0.15) is 28.9 Å².